The Bertz CT molecular complexity index is 926. The molecule has 2 fully saturated rings. The van der Waals surface area contributed by atoms with Crippen LogP contribution >= 0.6 is 12.4 Å². The maximum Gasteiger partial charge on any atom is 0.267 e. The van der Waals surface area contributed by atoms with Crippen molar-refractivity contribution in [3.63, 3.8) is 0 Å². The minimum Gasteiger partial charge on any atom is -0.339 e. The summed E-state index contributed by atoms with van der Waals surface area (Å²) in [6, 6.07) is 8.32. The summed E-state index contributed by atoms with van der Waals surface area (Å²) in [4.78, 5) is 15.0. The molecular weight excluding hydrogens is 398 g/mol. The van der Waals surface area contributed by atoms with Crippen molar-refractivity contribution in [2.75, 3.05) is 26.2 Å². The lowest BCUT2D eigenvalue weighted by Gasteiger charge is -2.20. The maximum atomic E-state index is 12.9. The first kappa shape index (κ1) is 20.9. The third kappa shape index (κ3) is 3.97. The van der Waals surface area contributed by atoms with Crippen molar-refractivity contribution in [2.24, 2.45) is 11.8 Å². The van der Waals surface area contributed by atoms with Crippen LogP contribution in [0.2, 0.25) is 0 Å². The monoisotopic (exact) mass is 423 g/mol. The van der Waals surface area contributed by atoms with Gasteiger partial charge >= 0.3 is 0 Å². The SMILES string of the molecule is Cc1ccc(S(=O)(=O)n2ccc(C(=O)N3CC[C@@H]4CNC[C@@H]4CC3)c2)cc1.Cl. The summed E-state index contributed by atoms with van der Waals surface area (Å²) >= 11 is 0. The molecule has 0 saturated carbocycles. The number of benzene rings is 1. The fourth-order valence-corrected chi connectivity index (χ4v) is 5.29. The molecule has 2 aliphatic heterocycles. The molecule has 3 heterocycles. The minimum atomic E-state index is -3.68. The van der Waals surface area contributed by atoms with E-state index in [9.17, 15) is 13.2 Å². The van der Waals surface area contributed by atoms with Crippen molar-refractivity contribution in [2.45, 2.75) is 24.7 Å². The van der Waals surface area contributed by atoms with Gasteiger partial charge in [0.2, 0.25) is 0 Å². The second kappa shape index (κ2) is 8.27. The number of likely N-dealkylation sites (tertiary alicyclic amines) is 1. The number of hydrogen-bond donors (Lipinski definition) is 1. The number of fused-ring (bicyclic) bond motifs is 1. The summed E-state index contributed by atoms with van der Waals surface area (Å²) in [5, 5.41) is 3.43. The average Bonchev–Trinajstić information content (AvgIpc) is 3.28. The first-order valence-corrected chi connectivity index (χ1v) is 10.9. The zero-order chi connectivity index (χ0) is 19.0. The normalized spacial score (nSPS) is 22.2. The Morgan fingerprint density at radius 2 is 1.64 bits per heavy atom. The minimum absolute atomic E-state index is 0. The number of carbonyl (C=O) groups excluding carboxylic acids is 1. The van der Waals surface area contributed by atoms with Gasteiger partial charge in [0.25, 0.3) is 15.9 Å². The van der Waals surface area contributed by atoms with Crippen LogP contribution in [0.15, 0.2) is 47.6 Å². The molecule has 0 aliphatic carbocycles. The second-order valence-electron chi connectivity index (χ2n) is 7.60. The molecule has 0 radical (unpaired) electrons. The third-order valence-corrected chi connectivity index (χ3v) is 7.47. The van der Waals surface area contributed by atoms with E-state index in [1.54, 1.807) is 30.3 Å². The molecule has 28 heavy (non-hydrogen) atoms. The predicted molar refractivity (Wildman–Crippen MR) is 110 cm³/mol. The van der Waals surface area contributed by atoms with Crippen LogP contribution in [0.3, 0.4) is 0 Å². The van der Waals surface area contributed by atoms with Gasteiger partial charge in [-0.2, -0.15) is 0 Å². The van der Waals surface area contributed by atoms with Crippen molar-refractivity contribution in [3.8, 4) is 0 Å². The fourth-order valence-electron chi connectivity index (χ4n) is 4.09. The van der Waals surface area contributed by atoms with Gasteiger partial charge in [0.05, 0.1) is 10.5 Å². The highest BCUT2D eigenvalue weighted by Gasteiger charge is 2.32. The zero-order valence-electron chi connectivity index (χ0n) is 15.9. The second-order valence-corrected chi connectivity index (χ2v) is 9.44. The molecule has 1 aromatic heterocycles. The molecule has 6 nitrogen and oxygen atoms in total. The maximum absolute atomic E-state index is 12.9. The first-order chi connectivity index (χ1) is 12.9. The topological polar surface area (TPSA) is 71.4 Å². The number of nitrogens with zero attached hydrogens (tertiary/aromatic N) is 2. The van der Waals surface area contributed by atoms with E-state index in [-0.39, 0.29) is 23.2 Å². The van der Waals surface area contributed by atoms with Crippen LogP contribution in [-0.2, 0) is 10.0 Å². The van der Waals surface area contributed by atoms with E-state index in [2.05, 4.69) is 5.32 Å². The summed E-state index contributed by atoms with van der Waals surface area (Å²) in [5.41, 5.74) is 1.43. The molecule has 2 aliphatic rings. The molecule has 0 spiro atoms. The quantitative estimate of drug-likeness (QED) is 0.823. The molecular formula is C20H26ClN3O3S. The van der Waals surface area contributed by atoms with E-state index in [1.807, 2.05) is 11.8 Å². The van der Waals surface area contributed by atoms with Crippen LogP contribution < -0.4 is 5.32 Å². The van der Waals surface area contributed by atoms with Crippen molar-refractivity contribution < 1.29 is 13.2 Å². The van der Waals surface area contributed by atoms with Crippen LogP contribution in [0.4, 0.5) is 0 Å². The van der Waals surface area contributed by atoms with Gasteiger partial charge in [0, 0.05) is 25.5 Å². The largest absolute Gasteiger partial charge is 0.339 e. The van der Waals surface area contributed by atoms with Gasteiger partial charge < -0.3 is 10.2 Å². The Kier molecular flexibility index (Phi) is 6.17. The van der Waals surface area contributed by atoms with Crippen LogP contribution in [0.1, 0.15) is 28.8 Å². The fraction of sp³-hybridized carbons (Fsp3) is 0.450. The molecule has 1 aromatic carbocycles. The Hall–Kier alpha value is -1.83. The predicted octanol–water partition coefficient (Wildman–Crippen LogP) is 2.53. The van der Waals surface area contributed by atoms with Gasteiger partial charge in [0.15, 0.2) is 0 Å². The van der Waals surface area contributed by atoms with Crippen LogP contribution in [0.25, 0.3) is 0 Å². The summed E-state index contributed by atoms with van der Waals surface area (Å²) < 4.78 is 26.7. The summed E-state index contributed by atoms with van der Waals surface area (Å²) in [5.74, 6) is 1.21. The Labute approximate surface area is 172 Å². The number of rotatable bonds is 3. The van der Waals surface area contributed by atoms with Gasteiger partial charge in [-0.25, -0.2) is 12.4 Å². The smallest absolute Gasteiger partial charge is 0.267 e. The molecule has 0 unspecified atom stereocenters. The number of carbonyl (C=O) groups is 1. The van der Waals surface area contributed by atoms with Crippen molar-refractivity contribution in [1.82, 2.24) is 14.2 Å². The van der Waals surface area contributed by atoms with Gasteiger partial charge in [-0.3, -0.25) is 4.79 Å². The van der Waals surface area contributed by atoms with Crippen LogP contribution in [0.5, 0.6) is 0 Å². The Morgan fingerprint density at radius 1 is 1.04 bits per heavy atom. The van der Waals surface area contributed by atoms with Gasteiger partial charge in [-0.1, -0.05) is 17.7 Å². The molecule has 2 saturated heterocycles. The van der Waals surface area contributed by atoms with Crippen molar-refractivity contribution in [1.29, 1.82) is 0 Å². The van der Waals surface area contributed by atoms with E-state index in [4.69, 9.17) is 0 Å². The molecule has 8 heteroatoms. The lowest BCUT2D eigenvalue weighted by Crippen LogP contribution is -2.32. The van der Waals surface area contributed by atoms with Gasteiger partial charge in [-0.05, 0) is 62.9 Å². The molecule has 2 aromatic rings. The first-order valence-electron chi connectivity index (χ1n) is 9.45. The van der Waals surface area contributed by atoms with Gasteiger partial charge in [0.1, 0.15) is 0 Å². The summed E-state index contributed by atoms with van der Waals surface area (Å²) in [7, 11) is -3.68. The molecule has 0 bridgehead atoms. The standard InChI is InChI=1S/C20H25N3O3S.ClH/c1-15-2-4-19(5-3-15)27(25,26)23-11-8-18(14-23)20(24)22-9-6-16-12-21-13-17(16)7-10-22;/h2-5,8,11,14,16-17,21H,6-7,9-10,12-13H2,1H3;1H/t16-,17+;. The van der Waals surface area contributed by atoms with E-state index in [1.165, 1.54) is 12.4 Å². The lowest BCUT2D eigenvalue weighted by atomic mass is 9.92. The van der Waals surface area contributed by atoms with Gasteiger partial charge in [-0.15, -0.1) is 12.4 Å². The zero-order valence-corrected chi connectivity index (χ0v) is 17.5. The average molecular weight is 424 g/mol. The van der Waals surface area contributed by atoms with Crippen molar-refractivity contribution in [3.05, 3.63) is 53.9 Å². The number of nitrogens with one attached hydrogen (secondary N) is 1. The van der Waals surface area contributed by atoms with E-state index in [0.29, 0.717) is 17.4 Å². The highest BCUT2D eigenvalue weighted by Crippen LogP contribution is 2.28. The van der Waals surface area contributed by atoms with Crippen molar-refractivity contribution >= 4 is 28.3 Å². The number of aryl methyl sites for hydroxylation is 1. The summed E-state index contributed by atoms with van der Waals surface area (Å²) in [6.45, 7) is 5.46. The third-order valence-electron chi connectivity index (χ3n) is 5.82. The number of halogens is 1. The highest BCUT2D eigenvalue weighted by atomic mass is 35.5. The molecule has 152 valence electrons. The van der Waals surface area contributed by atoms with Crippen LogP contribution in [-0.4, -0.2) is 49.4 Å². The number of aromatic nitrogens is 1. The Balaban J connectivity index is 0.00000225. The number of amides is 1. The highest BCUT2D eigenvalue weighted by molar-refractivity contribution is 7.90. The molecule has 1 N–H and O–H groups in total. The molecule has 4 rings (SSSR count). The van der Waals surface area contributed by atoms with Crippen LogP contribution in [0, 0.1) is 18.8 Å². The van der Waals surface area contributed by atoms with E-state index >= 15 is 0 Å². The van der Waals surface area contributed by atoms with E-state index < -0.39 is 10.0 Å². The number of hydrogen-bond acceptors (Lipinski definition) is 4. The summed E-state index contributed by atoms with van der Waals surface area (Å²) in [6.07, 6.45) is 4.90. The molecule has 2 atom stereocenters. The Morgan fingerprint density at radius 3 is 2.25 bits per heavy atom. The molecule has 1 amide bonds. The lowest BCUT2D eigenvalue weighted by molar-refractivity contribution is 0.0758. The van der Waals surface area contributed by atoms with E-state index in [0.717, 1.165) is 48.6 Å².